The second kappa shape index (κ2) is 8.17. The van der Waals surface area contributed by atoms with Crippen LogP contribution >= 0.6 is 24.2 Å². The standard InChI is InChI=1S/C10H20N2O2S.ClH/c1-8-7-12(3-4-15-8)10(13)5-9(6-11)14-2;/h8-9H,3-7,11H2,1-2H3;1H. The topological polar surface area (TPSA) is 55.6 Å². The van der Waals surface area contributed by atoms with E-state index in [1.165, 1.54) is 0 Å². The number of thioether (sulfide) groups is 1. The minimum absolute atomic E-state index is 0. The largest absolute Gasteiger partial charge is 0.380 e. The Labute approximate surface area is 108 Å². The SMILES string of the molecule is COC(CN)CC(=O)N1CCSC(C)C1.Cl. The van der Waals surface area contributed by atoms with Crippen molar-refractivity contribution in [3.63, 3.8) is 0 Å². The molecule has 1 aliphatic heterocycles. The van der Waals surface area contributed by atoms with Crippen LogP contribution in [0.5, 0.6) is 0 Å². The van der Waals surface area contributed by atoms with Crippen molar-refractivity contribution in [2.45, 2.75) is 24.7 Å². The molecule has 1 saturated heterocycles. The molecule has 0 aromatic rings. The van der Waals surface area contributed by atoms with Crippen molar-refractivity contribution in [3.8, 4) is 0 Å². The van der Waals surface area contributed by atoms with Crippen molar-refractivity contribution in [2.24, 2.45) is 5.73 Å². The number of halogens is 1. The Morgan fingerprint density at radius 2 is 2.38 bits per heavy atom. The third kappa shape index (κ3) is 4.91. The van der Waals surface area contributed by atoms with Gasteiger partial charge in [-0.1, -0.05) is 6.92 Å². The molecule has 2 N–H and O–H groups in total. The Bertz CT molecular complexity index is 215. The minimum atomic E-state index is -0.137. The Morgan fingerprint density at radius 3 is 2.88 bits per heavy atom. The van der Waals surface area contributed by atoms with Crippen LogP contribution in [0.4, 0.5) is 0 Å². The molecule has 2 atom stereocenters. The maximum Gasteiger partial charge on any atom is 0.225 e. The van der Waals surface area contributed by atoms with Crippen LogP contribution < -0.4 is 5.73 Å². The Kier molecular flexibility index (Phi) is 8.18. The summed E-state index contributed by atoms with van der Waals surface area (Å²) in [6.45, 7) is 4.26. The van der Waals surface area contributed by atoms with E-state index in [-0.39, 0.29) is 24.4 Å². The van der Waals surface area contributed by atoms with Gasteiger partial charge in [0, 0.05) is 37.7 Å². The fourth-order valence-electron chi connectivity index (χ4n) is 1.63. The fourth-order valence-corrected chi connectivity index (χ4v) is 2.65. The van der Waals surface area contributed by atoms with Gasteiger partial charge in [-0.25, -0.2) is 0 Å². The van der Waals surface area contributed by atoms with E-state index in [4.69, 9.17) is 10.5 Å². The van der Waals surface area contributed by atoms with E-state index < -0.39 is 0 Å². The summed E-state index contributed by atoms with van der Waals surface area (Å²) in [6, 6.07) is 0. The van der Waals surface area contributed by atoms with E-state index in [2.05, 4.69) is 6.92 Å². The van der Waals surface area contributed by atoms with Crippen LogP contribution in [0, 0.1) is 0 Å². The molecule has 0 aliphatic carbocycles. The molecule has 1 rings (SSSR count). The molecule has 96 valence electrons. The summed E-state index contributed by atoms with van der Waals surface area (Å²) in [7, 11) is 1.60. The summed E-state index contributed by atoms with van der Waals surface area (Å²) in [5.41, 5.74) is 5.49. The van der Waals surface area contributed by atoms with Crippen molar-refractivity contribution in [1.29, 1.82) is 0 Å². The molecule has 16 heavy (non-hydrogen) atoms. The molecule has 0 aromatic heterocycles. The Morgan fingerprint density at radius 1 is 1.69 bits per heavy atom. The first-order valence-corrected chi connectivity index (χ1v) is 6.34. The Hall–Kier alpha value is 0.0300. The van der Waals surface area contributed by atoms with Gasteiger partial charge in [0.1, 0.15) is 0 Å². The van der Waals surface area contributed by atoms with Gasteiger partial charge >= 0.3 is 0 Å². The number of nitrogens with zero attached hydrogens (tertiary/aromatic N) is 1. The number of methoxy groups -OCH3 is 1. The lowest BCUT2D eigenvalue weighted by molar-refractivity contribution is -0.133. The lowest BCUT2D eigenvalue weighted by Gasteiger charge is -2.31. The predicted molar refractivity (Wildman–Crippen MR) is 70.2 cm³/mol. The number of rotatable bonds is 4. The van der Waals surface area contributed by atoms with E-state index in [1.54, 1.807) is 7.11 Å². The molecule has 1 amide bonds. The van der Waals surface area contributed by atoms with E-state index in [0.717, 1.165) is 18.8 Å². The molecular weight excluding hydrogens is 248 g/mol. The van der Waals surface area contributed by atoms with Crippen molar-refractivity contribution in [3.05, 3.63) is 0 Å². The molecule has 6 heteroatoms. The number of ether oxygens (including phenoxy) is 1. The maximum atomic E-state index is 11.9. The van der Waals surface area contributed by atoms with Crippen LogP contribution in [-0.4, -0.2) is 54.7 Å². The van der Waals surface area contributed by atoms with E-state index >= 15 is 0 Å². The second-order valence-electron chi connectivity index (χ2n) is 3.82. The molecule has 1 fully saturated rings. The van der Waals surface area contributed by atoms with Gasteiger partial charge < -0.3 is 15.4 Å². The first-order valence-electron chi connectivity index (χ1n) is 5.29. The minimum Gasteiger partial charge on any atom is -0.380 e. The average Bonchev–Trinajstić information content (AvgIpc) is 2.25. The zero-order chi connectivity index (χ0) is 11.3. The highest BCUT2D eigenvalue weighted by atomic mass is 35.5. The van der Waals surface area contributed by atoms with Gasteiger partial charge in [0.15, 0.2) is 0 Å². The average molecular weight is 269 g/mol. The first-order chi connectivity index (χ1) is 7.17. The molecular formula is C10H21ClN2O2S. The third-order valence-electron chi connectivity index (χ3n) is 2.59. The van der Waals surface area contributed by atoms with Gasteiger partial charge in [-0.15, -0.1) is 12.4 Å². The summed E-state index contributed by atoms with van der Waals surface area (Å²) >= 11 is 1.92. The van der Waals surface area contributed by atoms with Crippen LogP contribution in [0.1, 0.15) is 13.3 Å². The summed E-state index contributed by atoms with van der Waals surface area (Å²) < 4.78 is 5.11. The highest BCUT2D eigenvalue weighted by Gasteiger charge is 2.23. The van der Waals surface area contributed by atoms with Gasteiger partial charge in [-0.05, 0) is 0 Å². The van der Waals surface area contributed by atoms with Gasteiger partial charge in [0.25, 0.3) is 0 Å². The number of hydrogen-bond acceptors (Lipinski definition) is 4. The summed E-state index contributed by atoms with van der Waals surface area (Å²) in [6.07, 6.45) is 0.270. The quantitative estimate of drug-likeness (QED) is 0.817. The lowest BCUT2D eigenvalue weighted by atomic mass is 10.2. The van der Waals surface area contributed by atoms with Crippen molar-refractivity contribution in [2.75, 3.05) is 32.5 Å². The van der Waals surface area contributed by atoms with Crippen LogP contribution in [0.3, 0.4) is 0 Å². The van der Waals surface area contributed by atoms with E-state index in [1.807, 2.05) is 16.7 Å². The molecule has 0 aromatic carbocycles. The molecule has 0 bridgehead atoms. The maximum absolute atomic E-state index is 11.9. The van der Waals surface area contributed by atoms with Crippen molar-refractivity contribution >= 4 is 30.1 Å². The van der Waals surface area contributed by atoms with Crippen molar-refractivity contribution < 1.29 is 9.53 Å². The van der Waals surface area contributed by atoms with Crippen molar-refractivity contribution in [1.82, 2.24) is 4.90 Å². The predicted octanol–water partition coefficient (Wildman–Crippen LogP) is 0.736. The number of carbonyl (C=O) groups is 1. The number of carbonyl (C=O) groups excluding carboxylic acids is 1. The number of amides is 1. The normalized spacial score (nSPS) is 22.4. The summed E-state index contributed by atoms with van der Waals surface area (Å²) in [5, 5.41) is 0.543. The second-order valence-corrected chi connectivity index (χ2v) is 5.37. The molecule has 4 nitrogen and oxygen atoms in total. The third-order valence-corrected chi connectivity index (χ3v) is 3.73. The molecule has 1 heterocycles. The van der Waals surface area contributed by atoms with Gasteiger partial charge in [-0.2, -0.15) is 11.8 Å². The highest BCUT2D eigenvalue weighted by molar-refractivity contribution is 7.99. The van der Waals surface area contributed by atoms with Gasteiger partial charge in [0.05, 0.1) is 12.5 Å². The monoisotopic (exact) mass is 268 g/mol. The fraction of sp³-hybridized carbons (Fsp3) is 0.900. The van der Waals surface area contributed by atoms with E-state index in [9.17, 15) is 4.79 Å². The molecule has 0 spiro atoms. The summed E-state index contributed by atoms with van der Waals surface area (Å²) in [5.74, 6) is 1.20. The van der Waals surface area contributed by atoms with E-state index in [0.29, 0.717) is 18.2 Å². The van der Waals surface area contributed by atoms with Gasteiger partial charge in [-0.3, -0.25) is 4.79 Å². The summed E-state index contributed by atoms with van der Waals surface area (Å²) in [4.78, 5) is 13.8. The molecule has 1 aliphatic rings. The number of hydrogen-bond donors (Lipinski definition) is 1. The van der Waals surface area contributed by atoms with Crippen LogP contribution in [-0.2, 0) is 9.53 Å². The van der Waals surface area contributed by atoms with Crippen LogP contribution in [0.15, 0.2) is 0 Å². The van der Waals surface area contributed by atoms with Crippen LogP contribution in [0.25, 0.3) is 0 Å². The zero-order valence-corrected chi connectivity index (χ0v) is 11.5. The highest BCUT2D eigenvalue weighted by Crippen LogP contribution is 2.18. The lowest BCUT2D eigenvalue weighted by Crippen LogP contribution is -2.43. The molecule has 0 saturated carbocycles. The molecule has 0 radical (unpaired) electrons. The van der Waals surface area contributed by atoms with Crippen LogP contribution in [0.2, 0.25) is 0 Å². The molecule has 2 unspecified atom stereocenters. The first kappa shape index (κ1) is 16.0. The Balaban J connectivity index is 0.00000225. The number of nitrogens with two attached hydrogens (primary N) is 1. The van der Waals surface area contributed by atoms with Gasteiger partial charge in [0.2, 0.25) is 5.91 Å². The smallest absolute Gasteiger partial charge is 0.225 e. The zero-order valence-electron chi connectivity index (χ0n) is 9.85.